The molecule has 0 saturated carbocycles. The molecule has 0 radical (unpaired) electrons. The van der Waals surface area contributed by atoms with E-state index in [1.54, 1.807) is 37.1 Å². The van der Waals surface area contributed by atoms with Crippen LogP contribution in [0.3, 0.4) is 0 Å². The lowest BCUT2D eigenvalue weighted by Gasteiger charge is -2.30. The fourth-order valence-corrected chi connectivity index (χ4v) is 3.06. The summed E-state index contributed by atoms with van der Waals surface area (Å²) in [4.78, 5) is 18.9. The van der Waals surface area contributed by atoms with Crippen molar-refractivity contribution in [3.8, 4) is 0 Å². The molecule has 1 saturated heterocycles. The van der Waals surface area contributed by atoms with E-state index >= 15 is 0 Å². The van der Waals surface area contributed by atoms with Crippen molar-refractivity contribution in [2.75, 3.05) is 13.7 Å². The molecule has 2 aromatic rings. The van der Waals surface area contributed by atoms with Gasteiger partial charge in [0.15, 0.2) is 0 Å². The number of halogens is 1. The monoisotopic (exact) mass is 346 g/mol. The minimum absolute atomic E-state index is 0.0595. The van der Waals surface area contributed by atoms with Crippen LogP contribution in [0.1, 0.15) is 49.9 Å². The van der Waals surface area contributed by atoms with E-state index in [0.29, 0.717) is 24.6 Å². The normalized spacial score (nSPS) is 17.9. The van der Waals surface area contributed by atoms with E-state index in [-0.39, 0.29) is 17.8 Å². The molecule has 6 heteroatoms. The molecule has 3 rings (SSSR count). The largest absolute Gasteiger partial charge is 0.443 e. The fraction of sp³-hybridized carbons (Fsp3) is 0.474. The van der Waals surface area contributed by atoms with Gasteiger partial charge in [0.2, 0.25) is 5.89 Å². The Morgan fingerprint density at radius 3 is 2.80 bits per heavy atom. The lowest BCUT2D eigenvalue weighted by atomic mass is 10.1. The zero-order valence-electron chi connectivity index (χ0n) is 14.8. The number of amides is 1. The average Bonchev–Trinajstić information content (AvgIpc) is 3.25. The number of carbonyl (C=O) groups is 1. The first kappa shape index (κ1) is 17.6. The summed E-state index contributed by atoms with van der Waals surface area (Å²) in [5.74, 6) is 0.931. The second-order valence-electron chi connectivity index (χ2n) is 6.84. The number of aromatic nitrogens is 1. The highest BCUT2D eigenvalue weighted by Gasteiger charge is 2.40. The summed E-state index contributed by atoms with van der Waals surface area (Å²) in [6.45, 7) is 4.20. The minimum atomic E-state index is -0.869. The Balaban J connectivity index is 1.74. The number of rotatable bonds is 5. The van der Waals surface area contributed by atoms with Crippen LogP contribution in [-0.2, 0) is 16.0 Å². The molecular formula is C19H23FN2O3. The maximum Gasteiger partial charge on any atom is 0.254 e. The number of ether oxygens (including phenoxy) is 1. The van der Waals surface area contributed by atoms with Gasteiger partial charge in [-0.1, -0.05) is 12.1 Å². The van der Waals surface area contributed by atoms with Crippen LogP contribution in [0.4, 0.5) is 4.39 Å². The number of carbonyl (C=O) groups excluding carboxylic acids is 1. The summed E-state index contributed by atoms with van der Waals surface area (Å²) < 4.78 is 24.2. The lowest BCUT2D eigenvalue weighted by Crippen LogP contribution is -2.46. The number of nitrogens with zero attached hydrogens (tertiary/aromatic N) is 2. The van der Waals surface area contributed by atoms with Crippen LogP contribution in [0, 0.1) is 5.82 Å². The first-order chi connectivity index (χ1) is 11.9. The molecule has 1 unspecified atom stereocenters. The smallest absolute Gasteiger partial charge is 0.254 e. The van der Waals surface area contributed by atoms with Crippen molar-refractivity contribution in [1.29, 1.82) is 0 Å². The van der Waals surface area contributed by atoms with Crippen molar-refractivity contribution in [2.24, 2.45) is 0 Å². The standard InChI is InChI=1S/C19H23FN2O3/c1-19(2,24-3)18(23)22-10-4-5-16(22)17-21-12-15(25-17)11-13-6-8-14(20)9-7-13/h6-9,12,16H,4-5,10-11H2,1-3H3. The maximum absolute atomic E-state index is 13.0. The topological polar surface area (TPSA) is 55.6 Å². The van der Waals surface area contributed by atoms with E-state index in [1.807, 2.05) is 0 Å². The number of likely N-dealkylation sites (tertiary alicyclic amines) is 1. The van der Waals surface area contributed by atoms with Gasteiger partial charge in [-0.2, -0.15) is 0 Å². The van der Waals surface area contributed by atoms with Crippen LogP contribution in [0.25, 0.3) is 0 Å². The summed E-state index contributed by atoms with van der Waals surface area (Å²) in [5, 5.41) is 0. The highest BCUT2D eigenvalue weighted by Crippen LogP contribution is 2.34. The van der Waals surface area contributed by atoms with Gasteiger partial charge >= 0.3 is 0 Å². The highest BCUT2D eigenvalue weighted by molar-refractivity contribution is 5.85. The van der Waals surface area contributed by atoms with Gasteiger partial charge in [-0.3, -0.25) is 4.79 Å². The van der Waals surface area contributed by atoms with Crippen molar-refractivity contribution < 1.29 is 18.3 Å². The van der Waals surface area contributed by atoms with Crippen molar-refractivity contribution in [1.82, 2.24) is 9.88 Å². The van der Waals surface area contributed by atoms with E-state index in [0.717, 1.165) is 18.4 Å². The molecule has 25 heavy (non-hydrogen) atoms. The number of benzene rings is 1. The Morgan fingerprint density at radius 2 is 2.12 bits per heavy atom. The molecule has 5 nitrogen and oxygen atoms in total. The Labute approximate surface area is 146 Å². The molecule has 2 heterocycles. The Kier molecular flexibility index (Phi) is 4.90. The second-order valence-corrected chi connectivity index (χ2v) is 6.84. The second kappa shape index (κ2) is 6.96. The van der Waals surface area contributed by atoms with Crippen LogP contribution < -0.4 is 0 Å². The fourth-order valence-electron chi connectivity index (χ4n) is 3.06. The van der Waals surface area contributed by atoms with Gasteiger partial charge in [0.1, 0.15) is 23.2 Å². The zero-order chi connectivity index (χ0) is 18.0. The Hall–Kier alpha value is -2.21. The van der Waals surface area contributed by atoms with E-state index in [9.17, 15) is 9.18 Å². The molecule has 0 aliphatic carbocycles. The number of oxazole rings is 1. The number of methoxy groups -OCH3 is 1. The zero-order valence-corrected chi connectivity index (χ0v) is 14.8. The third-order valence-corrected chi connectivity index (χ3v) is 4.69. The van der Waals surface area contributed by atoms with Crippen LogP contribution in [0.5, 0.6) is 0 Å². The molecule has 0 spiro atoms. The van der Waals surface area contributed by atoms with Crippen LogP contribution >= 0.6 is 0 Å². The summed E-state index contributed by atoms with van der Waals surface area (Å²) >= 11 is 0. The van der Waals surface area contributed by atoms with Gasteiger partial charge in [-0.05, 0) is 44.4 Å². The molecule has 1 aromatic carbocycles. The van der Waals surface area contributed by atoms with Gasteiger partial charge in [0.05, 0.1) is 6.20 Å². The third kappa shape index (κ3) is 3.74. The van der Waals surface area contributed by atoms with Crippen molar-refractivity contribution in [3.05, 3.63) is 53.5 Å². The first-order valence-corrected chi connectivity index (χ1v) is 8.46. The molecule has 0 bridgehead atoms. The minimum Gasteiger partial charge on any atom is -0.443 e. The lowest BCUT2D eigenvalue weighted by molar-refractivity contribution is -0.152. The van der Waals surface area contributed by atoms with Gasteiger partial charge in [0, 0.05) is 20.1 Å². The van der Waals surface area contributed by atoms with Gasteiger partial charge in [0.25, 0.3) is 5.91 Å². The molecule has 1 aliphatic heterocycles. The average molecular weight is 346 g/mol. The molecule has 0 N–H and O–H groups in total. The summed E-state index contributed by atoms with van der Waals surface area (Å²) in [6, 6.07) is 6.14. The van der Waals surface area contributed by atoms with Crippen LogP contribution in [0.15, 0.2) is 34.9 Å². The van der Waals surface area contributed by atoms with E-state index in [2.05, 4.69) is 4.98 Å². The molecule has 1 aromatic heterocycles. The van der Waals surface area contributed by atoms with Gasteiger partial charge in [-0.15, -0.1) is 0 Å². The van der Waals surface area contributed by atoms with Crippen LogP contribution in [0.2, 0.25) is 0 Å². The Bertz CT molecular complexity index is 739. The predicted molar refractivity (Wildman–Crippen MR) is 90.5 cm³/mol. The SMILES string of the molecule is COC(C)(C)C(=O)N1CCCC1c1ncc(Cc2ccc(F)cc2)o1. The summed E-state index contributed by atoms with van der Waals surface area (Å²) in [6.07, 6.45) is 3.95. The molecule has 1 atom stereocenters. The van der Waals surface area contributed by atoms with E-state index in [1.165, 1.54) is 19.2 Å². The Morgan fingerprint density at radius 1 is 1.40 bits per heavy atom. The molecule has 1 aliphatic rings. The molecule has 1 amide bonds. The quantitative estimate of drug-likeness (QED) is 0.831. The maximum atomic E-state index is 13.0. The molecular weight excluding hydrogens is 323 g/mol. The first-order valence-electron chi connectivity index (χ1n) is 8.46. The van der Waals surface area contributed by atoms with Gasteiger partial charge < -0.3 is 14.1 Å². The van der Waals surface area contributed by atoms with Gasteiger partial charge in [-0.25, -0.2) is 9.37 Å². The van der Waals surface area contributed by atoms with Crippen molar-refractivity contribution in [3.63, 3.8) is 0 Å². The van der Waals surface area contributed by atoms with Crippen molar-refractivity contribution >= 4 is 5.91 Å². The van der Waals surface area contributed by atoms with Crippen LogP contribution in [-0.4, -0.2) is 35.0 Å². The predicted octanol–water partition coefficient (Wildman–Crippen LogP) is 3.49. The number of hydrogen-bond acceptors (Lipinski definition) is 4. The summed E-state index contributed by atoms with van der Waals surface area (Å²) in [7, 11) is 1.54. The highest BCUT2D eigenvalue weighted by atomic mass is 19.1. The third-order valence-electron chi connectivity index (χ3n) is 4.69. The number of hydrogen-bond donors (Lipinski definition) is 0. The van der Waals surface area contributed by atoms with E-state index < -0.39 is 5.60 Å². The summed E-state index contributed by atoms with van der Waals surface area (Å²) in [5.41, 5.74) is 0.0792. The molecule has 1 fully saturated rings. The van der Waals surface area contributed by atoms with Crippen molar-refractivity contribution in [2.45, 2.75) is 44.8 Å². The molecule has 134 valence electrons. The van der Waals surface area contributed by atoms with E-state index in [4.69, 9.17) is 9.15 Å².